The van der Waals surface area contributed by atoms with E-state index in [2.05, 4.69) is 13.5 Å². The molecule has 1 rings (SSSR count). The Morgan fingerprint density at radius 2 is 1.19 bits per heavy atom. The molecule has 0 radical (unpaired) electrons. The van der Waals surface area contributed by atoms with E-state index in [9.17, 15) is 4.79 Å². The third-order valence-electron chi connectivity index (χ3n) is 7.15. The molecular formula is C29H55NO. The molecule has 1 aliphatic heterocycles. The molecule has 0 saturated carbocycles. The zero-order valence-electron chi connectivity index (χ0n) is 21.2. The number of carbonyl (C=O) groups is 1. The number of rotatable bonds is 21. The fourth-order valence-electron chi connectivity index (χ4n) is 5.08. The van der Waals surface area contributed by atoms with E-state index < -0.39 is 0 Å². The first-order valence-electron chi connectivity index (χ1n) is 14.2. The summed E-state index contributed by atoms with van der Waals surface area (Å²) in [7, 11) is 0. The Morgan fingerprint density at radius 3 is 1.65 bits per heavy atom. The molecule has 0 aliphatic carbocycles. The van der Waals surface area contributed by atoms with Crippen LogP contribution in [-0.4, -0.2) is 23.9 Å². The molecule has 1 fully saturated rings. The molecule has 1 saturated heterocycles. The van der Waals surface area contributed by atoms with Crippen molar-refractivity contribution in [3.63, 3.8) is 0 Å². The Labute approximate surface area is 195 Å². The average molecular weight is 434 g/mol. The first kappa shape index (κ1) is 28.2. The lowest BCUT2D eigenvalue weighted by atomic mass is 9.95. The zero-order chi connectivity index (χ0) is 22.4. The number of hydrogen-bond acceptors (Lipinski definition) is 1. The summed E-state index contributed by atoms with van der Waals surface area (Å²) in [5.74, 6) is 0.674. The van der Waals surface area contributed by atoms with Crippen LogP contribution < -0.4 is 0 Å². The van der Waals surface area contributed by atoms with Crippen molar-refractivity contribution in [1.82, 2.24) is 4.90 Å². The fourth-order valence-corrected chi connectivity index (χ4v) is 5.08. The minimum Gasteiger partial charge on any atom is -0.339 e. The molecule has 2 nitrogen and oxygen atoms in total. The summed E-state index contributed by atoms with van der Waals surface area (Å²) in [6.07, 6.45) is 31.9. The summed E-state index contributed by atoms with van der Waals surface area (Å²) in [4.78, 5) is 14.7. The van der Waals surface area contributed by atoms with Crippen molar-refractivity contribution in [1.29, 1.82) is 0 Å². The van der Waals surface area contributed by atoms with Gasteiger partial charge in [-0.3, -0.25) is 4.79 Å². The summed E-state index contributed by atoms with van der Waals surface area (Å²) in [5, 5.41) is 0. The maximum Gasteiger partial charge on any atom is 0.225 e. The monoisotopic (exact) mass is 433 g/mol. The van der Waals surface area contributed by atoms with E-state index in [4.69, 9.17) is 0 Å². The van der Waals surface area contributed by atoms with E-state index >= 15 is 0 Å². The van der Waals surface area contributed by atoms with Crippen molar-refractivity contribution in [3.05, 3.63) is 12.7 Å². The lowest BCUT2D eigenvalue weighted by Crippen LogP contribution is -2.35. The normalized spacial score (nSPS) is 17.1. The molecule has 182 valence electrons. The Balaban J connectivity index is 1.83. The van der Waals surface area contributed by atoms with Crippen molar-refractivity contribution in [3.8, 4) is 0 Å². The van der Waals surface area contributed by atoms with Crippen LogP contribution in [0.4, 0.5) is 0 Å². The van der Waals surface area contributed by atoms with E-state index in [1.54, 1.807) is 0 Å². The van der Waals surface area contributed by atoms with Gasteiger partial charge in [-0.15, -0.1) is 6.58 Å². The molecule has 1 unspecified atom stereocenters. The fraction of sp³-hybridized carbons (Fsp3) is 0.897. The van der Waals surface area contributed by atoms with Gasteiger partial charge in [0.1, 0.15) is 0 Å². The van der Waals surface area contributed by atoms with Crippen LogP contribution in [0.15, 0.2) is 12.7 Å². The number of nitrogens with zero attached hydrogens (tertiary/aromatic N) is 1. The maximum absolute atomic E-state index is 12.6. The molecule has 2 heteroatoms. The molecule has 1 amide bonds. The lowest BCUT2D eigenvalue weighted by molar-refractivity contribution is -0.134. The van der Waals surface area contributed by atoms with Crippen LogP contribution in [0.1, 0.15) is 148 Å². The molecule has 0 aromatic rings. The van der Waals surface area contributed by atoms with Gasteiger partial charge in [0.2, 0.25) is 5.91 Å². The van der Waals surface area contributed by atoms with Gasteiger partial charge in [0.05, 0.1) is 0 Å². The summed E-state index contributed by atoms with van der Waals surface area (Å²) >= 11 is 0. The Kier molecular flexibility index (Phi) is 19.2. The first-order valence-corrected chi connectivity index (χ1v) is 14.2. The van der Waals surface area contributed by atoms with Gasteiger partial charge in [-0.25, -0.2) is 0 Å². The first-order chi connectivity index (χ1) is 15.3. The van der Waals surface area contributed by atoms with Crippen molar-refractivity contribution < 1.29 is 4.79 Å². The van der Waals surface area contributed by atoms with Crippen LogP contribution in [0.3, 0.4) is 0 Å². The van der Waals surface area contributed by atoms with Gasteiger partial charge in [-0.1, -0.05) is 135 Å². The van der Waals surface area contributed by atoms with Crippen LogP contribution in [-0.2, 0) is 4.79 Å². The summed E-state index contributed by atoms with van der Waals surface area (Å²) in [6.45, 7) is 7.76. The Bertz CT molecular complexity index is 419. The minimum absolute atomic E-state index is 0.281. The quantitative estimate of drug-likeness (QED) is 0.130. The standard InChI is InChI=1S/C29H55NO/c1-3-5-6-7-8-9-10-11-12-13-14-15-16-17-18-19-20-21-24-28-25-22-23-27-30(26-4-2)29(28)31/h4,28H,2-3,5-27H2,1H3. The lowest BCUT2D eigenvalue weighted by Gasteiger charge is -2.23. The van der Waals surface area contributed by atoms with Crippen LogP contribution in [0.5, 0.6) is 0 Å². The van der Waals surface area contributed by atoms with Crippen molar-refractivity contribution >= 4 is 5.91 Å². The largest absolute Gasteiger partial charge is 0.339 e. The third kappa shape index (κ3) is 15.6. The topological polar surface area (TPSA) is 20.3 Å². The summed E-state index contributed by atoms with van der Waals surface area (Å²) < 4.78 is 0. The molecule has 0 bridgehead atoms. The number of likely N-dealkylation sites (tertiary alicyclic amines) is 1. The number of unbranched alkanes of at least 4 members (excludes halogenated alkanes) is 17. The summed E-state index contributed by atoms with van der Waals surface area (Å²) in [5.41, 5.74) is 0. The SMILES string of the molecule is C=CCN1CCCCC(CCCCCCCCCCCCCCCCCCCC)C1=O. The molecule has 0 aromatic heterocycles. The highest BCUT2D eigenvalue weighted by atomic mass is 16.2. The van der Waals surface area contributed by atoms with Crippen LogP contribution in [0.25, 0.3) is 0 Å². The molecule has 31 heavy (non-hydrogen) atoms. The molecule has 0 aromatic carbocycles. The predicted octanol–water partition coefficient (Wildman–Crippen LogP) is 9.23. The zero-order valence-corrected chi connectivity index (χ0v) is 21.2. The highest BCUT2D eigenvalue weighted by molar-refractivity contribution is 5.79. The van der Waals surface area contributed by atoms with E-state index in [1.807, 2.05) is 11.0 Å². The molecule has 1 atom stereocenters. The van der Waals surface area contributed by atoms with Crippen LogP contribution >= 0.6 is 0 Å². The minimum atomic E-state index is 0.281. The van der Waals surface area contributed by atoms with Gasteiger partial charge < -0.3 is 4.90 Å². The molecule has 0 spiro atoms. The molecule has 1 heterocycles. The van der Waals surface area contributed by atoms with Crippen LogP contribution in [0, 0.1) is 5.92 Å². The highest BCUT2D eigenvalue weighted by Crippen LogP contribution is 2.23. The molecule has 0 N–H and O–H groups in total. The van der Waals surface area contributed by atoms with Gasteiger partial charge in [-0.2, -0.15) is 0 Å². The highest BCUT2D eigenvalue weighted by Gasteiger charge is 2.25. The second-order valence-corrected chi connectivity index (χ2v) is 10.1. The van der Waals surface area contributed by atoms with Crippen molar-refractivity contribution in [2.45, 2.75) is 148 Å². The van der Waals surface area contributed by atoms with Gasteiger partial charge in [0.15, 0.2) is 0 Å². The smallest absolute Gasteiger partial charge is 0.225 e. The van der Waals surface area contributed by atoms with E-state index in [-0.39, 0.29) is 5.92 Å². The van der Waals surface area contributed by atoms with Crippen molar-refractivity contribution in [2.24, 2.45) is 5.92 Å². The van der Waals surface area contributed by atoms with E-state index in [1.165, 1.54) is 122 Å². The van der Waals surface area contributed by atoms with Gasteiger partial charge in [0, 0.05) is 19.0 Å². The maximum atomic E-state index is 12.6. The molecule has 1 aliphatic rings. The van der Waals surface area contributed by atoms with Gasteiger partial charge in [0.25, 0.3) is 0 Å². The molecular weight excluding hydrogens is 378 g/mol. The van der Waals surface area contributed by atoms with Gasteiger partial charge >= 0.3 is 0 Å². The third-order valence-corrected chi connectivity index (χ3v) is 7.15. The summed E-state index contributed by atoms with van der Waals surface area (Å²) in [6, 6.07) is 0. The second kappa shape index (κ2) is 21.1. The Morgan fingerprint density at radius 1 is 0.742 bits per heavy atom. The second-order valence-electron chi connectivity index (χ2n) is 10.1. The predicted molar refractivity (Wildman–Crippen MR) is 138 cm³/mol. The van der Waals surface area contributed by atoms with Crippen LogP contribution in [0.2, 0.25) is 0 Å². The number of carbonyl (C=O) groups excluding carboxylic acids is 1. The van der Waals surface area contributed by atoms with E-state index in [0.717, 1.165) is 32.4 Å². The van der Waals surface area contributed by atoms with Gasteiger partial charge in [-0.05, 0) is 19.3 Å². The number of hydrogen-bond donors (Lipinski definition) is 0. The van der Waals surface area contributed by atoms with E-state index in [0.29, 0.717) is 5.91 Å². The van der Waals surface area contributed by atoms with Crippen molar-refractivity contribution in [2.75, 3.05) is 13.1 Å². The average Bonchev–Trinajstić information content (AvgIpc) is 2.95. The number of amides is 1. The Hall–Kier alpha value is -0.790.